The molecule has 2 heteroatoms. The zero-order chi connectivity index (χ0) is 9.54. The third-order valence-electron chi connectivity index (χ3n) is 4.01. The standard InChI is InChI=1S/C12H17NO/c14-12(13-5-1-2-6-13)11-8-9-3-4-10(11)7-9/h3-4,9-11H,1-2,5-8H2. The molecule has 1 saturated carbocycles. The number of hydrogen-bond donors (Lipinski definition) is 0. The van der Waals surface area contributed by atoms with Crippen molar-refractivity contribution in [1.82, 2.24) is 4.90 Å². The first-order valence-corrected chi connectivity index (χ1v) is 5.82. The Bertz CT molecular complexity index is 278. The molecule has 0 spiro atoms. The maximum atomic E-state index is 12.1. The van der Waals surface area contributed by atoms with Gasteiger partial charge < -0.3 is 4.90 Å². The summed E-state index contributed by atoms with van der Waals surface area (Å²) in [7, 11) is 0. The van der Waals surface area contributed by atoms with Gasteiger partial charge in [-0.05, 0) is 37.5 Å². The third-order valence-corrected chi connectivity index (χ3v) is 4.01. The summed E-state index contributed by atoms with van der Waals surface area (Å²) in [6, 6.07) is 0. The van der Waals surface area contributed by atoms with Crippen molar-refractivity contribution >= 4 is 5.91 Å². The Kier molecular flexibility index (Phi) is 1.89. The second-order valence-corrected chi connectivity index (χ2v) is 4.92. The van der Waals surface area contributed by atoms with Crippen LogP contribution in [0.15, 0.2) is 12.2 Å². The van der Waals surface area contributed by atoms with Gasteiger partial charge in [-0.1, -0.05) is 12.2 Å². The van der Waals surface area contributed by atoms with E-state index in [1.807, 2.05) is 0 Å². The molecule has 0 aromatic rings. The normalized spacial score (nSPS) is 39.7. The number of allylic oxidation sites excluding steroid dienone is 2. The fourth-order valence-corrected chi connectivity index (χ4v) is 3.24. The smallest absolute Gasteiger partial charge is 0.226 e. The lowest BCUT2D eigenvalue weighted by Gasteiger charge is -2.23. The first kappa shape index (κ1) is 8.51. The summed E-state index contributed by atoms with van der Waals surface area (Å²) in [5, 5.41) is 0. The summed E-state index contributed by atoms with van der Waals surface area (Å²) in [4.78, 5) is 14.2. The van der Waals surface area contributed by atoms with Crippen molar-refractivity contribution in [2.24, 2.45) is 17.8 Å². The lowest BCUT2D eigenvalue weighted by atomic mass is 9.92. The molecule has 0 N–H and O–H groups in total. The Balaban J connectivity index is 1.71. The fraction of sp³-hybridized carbons (Fsp3) is 0.750. The molecule has 2 fully saturated rings. The van der Waals surface area contributed by atoms with Crippen LogP contribution < -0.4 is 0 Å². The van der Waals surface area contributed by atoms with Gasteiger partial charge in [-0.2, -0.15) is 0 Å². The third kappa shape index (κ3) is 1.20. The molecule has 0 aromatic heterocycles. The second kappa shape index (κ2) is 3.11. The number of nitrogens with zero attached hydrogens (tertiary/aromatic N) is 1. The second-order valence-electron chi connectivity index (χ2n) is 4.92. The van der Waals surface area contributed by atoms with Crippen molar-refractivity contribution in [3.8, 4) is 0 Å². The predicted octanol–water partition coefficient (Wildman–Crippen LogP) is 1.82. The molecule has 3 unspecified atom stereocenters. The van der Waals surface area contributed by atoms with Crippen molar-refractivity contribution in [3.63, 3.8) is 0 Å². The van der Waals surface area contributed by atoms with Crippen LogP contribution in [-0.4, -0.2) is 23.9 Å². The van der Waals surface area contributed by atoms with Gasteiger partial charge in [0.25, 0.3) is 0 Å². The van der Waals surface area contributed by atoms with E-state index in [2.05, 4.69) is 17.1 Å². The molecule has 1 heterocycles. The molecule has 0 radical (unpaired) electrons. The quantitative estimate of drug-likeness (QED) is 0.579. The van der Waals surface area contributed by atoms with E-state index in [1.54, 1.807) is 0 Å². The molecule has 1 aliphatic heterocycles. The Morgan fingerprint density at radius 3 is 2.50 bits per heavy atom. The number of rotatable bonds is 1. The Morgan fingerprint density at radius 1 is 1.14 bits per heavy atom. The van der Waals surface area contributed by atoms with Gasteiger partial charge in [-0.3, -0.25) is 4.79 Å². The number of hydrogen-bond acceptors (Lipinski definition) is 1. The van der Waals surface area contributed by atoms with Crippen LogP contribution in [0.5, 0.6) is 0 Å². The first-order chi connectivity index (χ1) is 6.84. The Hall–Kier alpha value is -0.790. The molecule has 3 aliphatic rings. The number of amides is 1. The summed E-state index contributed by atoms with van der Waals surface area (Å²) in [6.07, 6.45) is 9.36. The van der Waals surface area contributed by atoms with Gasteiger partial charge >= 0.3 is 0 Å². The van der Waals surface area contributed by atoms with Crippen LogP contribution in [0.2, 0.25) is 0 Å². The van der Waals surface area contributed by atoms with Crippen molar-refractivity contribution in [1.29, 1.82) is 0 Å². The van der Waals surface area contributed by atoms with E-state index in [1.165, 1.54) is 19.3 Å². The van der Waals surface area contributed by atoms with Crippen molar-refractivity contribution in [2.45, 2.75) is 25.7 Å². The van der Waals surface area contributed by atoms with E-state index < -0.39 is 0 Å². The van der Waals surface area contributed by atoms with Crippen LogP contribution in [0.4, 0.5) is 0 Å². The summed E-state index contributed by atoms with van der Waals surface area (Å²) in [6.45, 7) is 2.02. The van der Waals surface area contributed by atoms with Crippen LogP contribution in [-0.2, 0) is 4.79 Å². The maximum absolute atomic E-state index is 12.1. The van der Waals surface area contributed by atoms with Crippen LogP contribution in [0.3, 0.4) is 0 Å². The van der Waals surface area contributed by atoms with Crippen molar-refractivity contribution < 1.29 is 4.79 Å². The average molecular weight is 191 g/mol. The lowest BCUT2D eigenvalue weighted by Crippen LogP contribution is -2.35. The van der Waals surface area contributed by atoms with Gasteiger partial charge in [-0.15, -0.1) is 0 Å². The zero-order valence-corrected chi connectivity index (χ0v) is 8.48. The lowest BCUT2D eigenvalue weighted by molar-refractivity contribution is -0.135. The highest BCUT2D eigenvalue weighted by atomic mass is 16.2. The summed E-state index contributed by atoms with van der Waals surface area (Å²) >= 11 is 0. The summed E-state index contributed by atoms with van der Waals surface area (Å²) < 4.78 is 0. The molecular weight excluding hydrogens is 174 g/mol. The van der Waals surface area contributed by atoms with Crippen molar-refractivity contribution in [3.05, 3.63) is 12.2 Å². The van der Waals surface area contributed by atoms with E-state index >= 15 is 0 Å². The largest absolute Gasteiger partial charge is 0.342 e. The van der Waals surface area contributed by atoms with Crippen LogP contribution in [0, 0.1) is 17.8 Å². The summed E-state index contributed by atoms with van der Waals surface area (Å²) in [5.74, 6) is 2.08. The van der Waals surface area contributed by atoms with E-state index in [0.717, 1.165) is 25.4 Å². The van der Waals surface area contributed by atoms with E-state index in [-0.39, 0.29) is 0 Å². The molecule has 1 amide bonds. The highest BCUT2D eigenvalue weighted by Gasteiger charge is 2.41. The fourth-order valence-electron chi connectivity index (χ4n) is 3.24. The highest BCUT2D eigenvalue weighted by molar-refractivity contribution is 5.80. The molecule has 14 heavy (non-hydrogen) atoms. The van der Waals surface area contributed by atoms with Gasteiger partial charge in [0.05, 0.1) is 0 Å². The van der Waals surface area contributed by atoms with Gasteiger partial charge in [0.15, 0.2) is 0 Å². The molecule has 0 aromatic carbocycles. The SMILES string of the molecule is O=C(C1CC2C=CC1C2)N1CCCC1. The minimum atomic E-state index is 0.336. The van der Waals surface area contributed by atoms with Crippen LogP contribution >= 0.6 is 0 Å². The van der Waals surface area contributed by atoms with Gasteiger partial charge in [0.2, 0.25) is 5.91 Å². The molecule has 2 nitrogen and oxygen atoms in total. The molecule has 2 bridgehead atoms. The van der Waals surface area contributed by atoms with E-state index in [9.17, 15) is 4.79 Å². The minimum Gasteiger partial charge on any atom is -0.342 e. The highest BCUT2D eigenvalue weighted by Crippen LogP contribution is 2.44. The van der Waals surface area contributed by atoms with E-state index in [4.69, 9.17) is 0 Å². The van der Waals surface area contributed by atoms with Crippen LogP contribution in [0.25, 0.3) is 0 Å². The molecule has 3 atom stereocenters. The Labute approximate surface area is 85.0 Å². The predicted molar refractivity (Wildman–Crippen MR) is 54.7 cm³/mol. The molecular formula is C12H17NO. The molecule has 3 rings (SSSR count). The van der Waals surface area contributed by atoms with E-state index in [0.29, 0.717) is 17.7 Å². The first-order valence-electron chi connectivity index (χ1n) is 5.82. The maximum Gasteiger partial charge on any atom is 0.226 e. The van der Waals surface area contributed by atoms with Gasteiger partial charge in [-0.25, -0.2) is 0 Å². The number of carbonyl (C=O) groups is 1. The van der Waals surface area contributed by atoms with Crippen molar-refractivity contribution in [2.75, 3.05) is 13.1 Å². The van der Waals surface area contributed by atoms with Crippen LogP contribution in [0.1, 0.15) is 25.7 Å². The summed E-state index contributed by atoms with van der Waals surface area (Å²) in [5.41, 5.74) is 0. The monoisotopic (exact) mass is 191 g/mol. The zero-order valence-electron chi connectivity index (χ0n) is 8.48. The molecule has 2 aliphatic carbocycles. The topological polar surface area (TPSA) is 20.3 Å². The number of fused-ring (bicyclic) bond motifs is 2. The average Bonchev–Trinajstić information content (AvgIpc) is 2.93. The number of likely N-dealkylation sites (tertiary alicyclic amines) is 1. The van der Waals surface area contributed by atoms with Gasteiger partial charge in [0, 0.05) is 19.0 Å². The Morgan fingerprint density at radius 2 is 1.93 bits per heavy atom. The number of carbonyl (C=O) groups excluding carboxylic acids is 1. The molecule has 1 saturated heterocycles. The minimum absolute atomic E-state index is 0.336. The van der Waals surface area contributed by atoms with Gasteiger partial charge in [0.1, 0.15) is 0 Å². The molecule has 76 valence electrons.